The number of alkyl halides is 1. The molecule has 4 radical (unpaired) electrons. The molecule has 0 aliphatic rings. The number of hydrogen-bond acceptors (Lipinski definition) is 4. The van der Waals surface area contributed by atoms with Crippen molar-refractivity contribution >= 4 is 53.9 Å². The monoisotopic (exact) mass is 436 g/mol. The van der Waals surface area contributed by atoms with Gasteiger partial charge in [0.25, 0.3) is 10.1 Å². The van der Waals surface area contributed by atoms with E-state index in [1.807, 2.05) is 0 Å². The molecule has 0 unspecified atom stereocenters. The van der Waals surface area contributed by atoms with Crippen LogP contribution in [0, 0.1) is 0 Å². The smallest absolute Gasteiger partial charge is 0.264 e. The molecular formula is C11H25ClO4SSiSn. The topological polar surface area (TPSA) is 52.6 Å². The third kappa shape index (κ3) is 9.68. The van der Waals surface area contributed by atoms with E-state index in [0.29, 0.717) is 12.3 Å². The van der Waals surface area contributed by atoms with Gasteiger partial charge in [-0.2, -0.15) is 8.42 Å². The van der Waals surface area contributed by atoms with Crippen molar-refractivity contribution in [3.63, 3.8) is 0 Å². The van der Waals surface area contributed by atoms with Crippen LogP contribution in [0.4, 0.5) is 0 Å². The molecule has 4 nitrogen and oxygen atoms in total. The van der Waals surface area contributed by atoms with Crippen molar-refractivity contribution in [2.24, 2.45) is 0 Å². The molecule has 0 spiro atoms. The maximum atomic E-state index is 10.9. The Bertz CT molecular complexity index is 354. The van der Waals surface area contributed by atoms with Gasteiger partial charge in [-0.3, -0.25) is 4.18 Å². The molecule has 0 aliphatic heterocycles. The molecule has 0 aromatic heterocycles. The van der Waals surface area contributed by atoms with Crippen molar-refractivity contribution in [2.75, 3.05) is 18.7 Å². The van der Waals surface area contributed by atoms with Crippen LogP contribution in [0.25, 0.3) is 0 Å². The van der Waals surface area contributed by atoms with Gasteiger partial charge in [0.15, 0.2) is 8.32 Å². The second kappa shape index (κ2) is 8.58. The average Bonchev–Trinajstić information content (AvgIpc) is 2.12. The van der Waals surface area contributed by atoms with Crippen LogP contribution >= 0.6 is 11.6 Å². The van der Waals surface area contributed by atoms with Crippen molar-refractivity contribution in [3.8, 4) is 0 Å². The zero-order valence-electron chi connectivity index (χ0n) is 12.6. The van der Waals surface area contributed by atoms with Gasteiger partial charge in [0.2, 0.25) is 0 Å². The summed E-state index contributed by atoms with van der Waals surface area (Å²) < 4.78 is 32.5. The van der Waals surface area contributed by atoms with E-state index >= 15 is 0 Å². The predicted octanol–water partition coefficient (Wildman–Crippen LogP) is 2.60. The fourth-order valence-electron chi connectivity index (χ4n) is 1.09. The first-order chi connectivity index (χ1) is 7.89. The molecule has 0 aliphatic carbocycles. The zero-order chi connectivity index (χ0) is 14.6. The fraction of sp³-hybridized carbons (Fsp3) is 1.00. The minimum absolute atomic E-state index is 0. The Morgan fingerprint density at radius 3 is 2.05 bits per heavy atom. The van der Waals surface area contributed by atoms with E-state index in [-0.39, 0.29) is 41.7 Å². The van der Waals surface area contributed by atoms with Gasteiger partial charge < -0.3 is 4.43 Å². The molecular weight excluding hydrogens is 410 g/mol. The average molecular weight is 436 g/mol. The number of hydrogen-bond donors (Lipinski definition) is 0. The van der Waals surface area contributed by atoms with Gasteiger partial charge >= 0.3 is 0 Å². The van der Waals surface area contributed by atoms with Crippen LogP contribution in [0.2, 0.25) is 18.1 Å². The molecule has 19 heavy (non-hydrogen) atoms. The third-order valence-corrected chi connectivity index (χ3v) is 8.65. The maximum Gasteiger partial charge on any atom is 0.264 e. The Kier molecular flexibility index (Phi) is 10.1. The molecule has 0 rings (SSSR count). The quantitative estimate of drug-likeness (QED) is 0.350. The Morgan fingerprint density at radius 1 is 1.26 bits per heavy atom. The van der Waals surface area contributed by atoms with E-state index in [2.05, 4.69) is 33.9 Å². The van der Waals surface area contributed by atoms with Crippen LogP contribution in [0.15, 0.2) is 0 Å². The summed E-state index contributed by atoms with van der Waals surface area (Å²) >= 11 is 5.87. The summed E-state index contributed by atoms with van der Waals surface area (Å²) in [6, 6.07) is 0. The van der Waals surface area contributed by atoms with E-state index in [1.54, 1.807) is 0 Å². The van der Waals surface area contributed by atoms with Crippen LogP contribution in [-0.4, -0.2) is 65.5 Å². The largest absolute Gasteiger partial charge is 0.413 e. The Balaban J connectivity index is 0. The second-order valence-corrected chi connectivity index (χ2v) is 12.7. The summed E-state index contributed by atoms with van der Waals surface area (Å²) in [7, 11) is -5.26. The summed E-state index contributed by atoms with van der Waals surface area (Å²) in [6.45, 7) is 10.9. The van der Waals surface area contributed by atoms with Gasteiger partial charge in [0.05, 0.1) is 19.0 Å². The van der Waals surface area contributed by atoms with Crippen LogP contribution in [0.5, 0.6) is 0 Å². The van der Waals surface area contributed by atoms with Crippen LogP contribution in [-0.2, 0) is 18.7 Å². The summed E-state index contributed by atoms with van der Waals surface area (Å²) in [6.07, 6.45) is 1.37. The molecule has 0 fully saturated rings. The Hall–Kier alpha value is 1.18. The zero-order valence-corrected chi connectivity index (χ0v) is 18.0. The summed E-state index contributed by atoms with van der Waals surface area (Å²) in [5.74, 6) is 0.347. The summed E-state index contributed by atoms with van der Waals surface area (Å²) in [4.78, 5) is 0. The molecule has 0 aromatic rings. The van der Waals surface area contributed by atoms with E-state index in [0.717, 1.165) is 6.26 Å². The number of halogens is 1. The second-order valence-electron chi connectivity index (χ2n) is 5.97. The predicted molar refractivity (Wildman–Crippen MR) is 84.0 cm³/mol. The van der Waals surface area contributed by atoms with Crippen LogP contribution in [0.3, 0.4) is 0 Å². The normalized spacial score (nSPS) is 14.9. The van der Waals surface area contributed by atoms with Gasteiger partial charge in [-0.1, -0.05) is 20.8 Å². The van der Waals surface area contributed by atoms with Crippen LogP contribution in [0.1, 0.15) is 27.2 Å². The van der Waals surface area contributed by atoms with E-state index in [4.69, 9.17) is 20.2 Å². The van der Waals surface area contributed by atoms with Gasteiger partial charge in [0.1, 0.15) is 0 Å². The van der Waals surface area contributed by atoms with E-state index < -0.39 is 18.4 Å². The molecule has 8 heteroatoms. The molecule has 0 heterocycles. The molecule has 0 saturated carbocycles. The Labute approximate surface area is 140 Å². The molecule has 0 N–H and O–H groups in total. The minimum atomic E-state index is -3.39. The maximum absolute atomic E-state index is 10.9. The third-order valence-electron chi connectivity index (χ3n) is 3.18. The molecule has 0 bridgehead atoms. The molecule has 0 amide bonds. The first-order valence-electron chi connectivity index (χ1n) is 5.97. The molecule has 0 aromatic carbocycles. The van der Waals surface area contributed by atoms with E-state index in [9.17, 15) is 8.42 Å². The standard InChI is InChI=1S/C11H25ClO4SSi.Sn/c1-11(2,3)18(5,6)16-10(9-12)7-8-15-17(4,13)14;/h10H,7-9H2,1-6H3;/t10-;/m0./s1. The van der Waals surface area contributed by atoms with Gasteiger partial charge in [-0.05, 0) is 24.6 Å². The van der Waals surface area contributed by atoms with Crippen molar-refractivity contribution in [1.29, 1.82) is 0 Å². The van der Waals surface area contributed by atoms with Crippen molar-refractivity contribution < 1.29 is 17.0 Å². The van der Waals surface area contributed by atoms with Crippen molar-refractivity contribution in [2.45, 2.75) is 51.4 Å². The summed E-state index contributed by atoms with van der Waals surface area (Å²) in [5.41, 5.74) is 0. The molecule has 114 valence electrons. The number of rotatable bonds is 7. The van der Waals surface area contributed by atoms with Gasteiger partial charge in [-0.15, -0.1) is 11.6 Å². The van der Waals surface area contributed by atoms with E-state index in [1.165, 1.54) is 0 Å². The summed E-state index contributed by atoms with van der Waals surface area (Å²) in [5, 5.41) is 0.106. The van der Waals surface area contributed by atoms with Crippen molar-refractivity contribution in [3.05, 3.63) is 0 Å². The minimum Gasteiger partial charge on any atom is -0.413 e. The first kappa shape index (κ1) is 22.5. The van der Waals surface area contributed by atoms with Gasteiger partial charge in [0, 0.05) is 29.8 Å². The SMILES string of the molecule is CC(C)(C)[Si](C)(C)O[C@H](CCl)CCOS(C)(=O)=O.[Sn]. The van der Waals surface area contributed by atoms with Crippen molar-refractivity contribution in [1.82, 2.24) is 0 Å². The molecule has 0 saturated heterocycles. The molecule has 1 atom stereocenters. The van der Waals surface area contributed by atoms with Crippen LogP contribution < -0.4 is 0 Å². The fourth-order valence-corrected chi connectivity index (χ4v) is 3.20. The Morgan fingerprint density at radius 2 is 1.74 bits per heavy atom. The van der Waals surface area contributed by atoms with Gasteiger partial charge in [-0.25, -0.2) is 0 Å². The first-order valence-corrected chi connectivity index (χ1v) is 11.2.